The van der Waals surface area contributed by atoms with Gasteiger partial charge in [-0.25, -0.2) is 0 Å². The van der Waals surface area contributed by atoms with Crippen molar-refractivity contribution < 1.29 is 9.66 Å². The van der Waals surface area contributed by atoms with Gasteiger partial charge in [-0.3, -0.25) is 10.1 Å². The zero-order chi connectivity index (χ0) is 17.1. The summed E-state index contributed by atoms with van der Waals surface area (Å²) in [6.07, 6.45) is 0.954. The standard InChI is InChI=1S/C19H20N2O3/c1-3-11-24-13-18-19(14-7-5-4-6-8-14)16-12-15(21(22)23)9-10-17(16)20(18)2/h4-10,12H,3,11,13H2,1-2H3. The second-order valence-corrected chi connectivity index (χ2v) is 5.76. The summed E-state index contributed by atoms with van der Waals surface area (Å²) in [5.74, 6) is 0. The Labute approximate surface area is 140 Å². The molecule has 1 heterocycles. The quantitative estimate of drug-likeness (QED) is 0.376. The molecule has 0 radical (unpaired) electrons. The Bertz CT molecular complexity index is 869. The summed E-state index contributed by atoms with van der Waals surface area (Å²) in [6.45, 7) is 3.25. The van der Waals surface area contributed by atoms with E-state index in [0.29, 0.717) is 13.2 Å². The Morgan fingerprint density at radius 2 is 1.92 bits per heavy atom. The molecule has 1 aromatic heterocycles. The molecule has 0 N–H and O–H groups in total. The van der Waals surface area contributed by atoms with Crippen LogP contribution in [0.2, 0.25) is 0 Å². The Morgan fingerprint density at radius 3 is 2.58 bits per heavy atom. The van der Waals surface area contributed by atoms with E-state index < -0.39 is 0 Å². The third-order valence-electron chi connectivity index (χ3n) is 4.16. The number of aromatic nitrogens is 1. The van der Waals surface area contributed by atoms with Crippen molar-refractivity contribution in [1.29, 1.82) is 0 Å². The lowest BCUT2D eigenvalue weighted by Crippen LogP contribution is -2.02. The van der Waals surface area contributed by atoms with E-state index in [4.69, 9.17) is 4.74 Å². The van der Waals surface area contributed by atoms with Gasteiger partial charge in [0.1, 0.15) is 0 Å². The van der Waals surface area contributed by atoms with E-state index in [2.05, 4.69) is 11.5 Å². The van der Waals surface area contributed by atoms with Gasteiger partial charge in [-0.15, -0.1) is 0 Å². The van der Waals surface area contributed by atoms with E-state index in [9.17, 15) is 10.1 Å². The fraction of sp³-hybridized carbons (Fsp3) is 0.263. The maximum absolute atomic E-state index is 11.2. The fourth-order valence-corrected chi connectivity index (χ4v) is 3.01. The number of hydrogen-bond donors (Lipinski definition) is 0. The van der Waals surface area contributed by atoms with Crippen molar-refractivity contribution in [3.8, 4) is 11.1 Å². The van der Waals surface area contributed by atoms with Crippen molar-refractivity contribution in [2.45, 2.75) is 20.0 Å². The third kappa shape index (κ3) is 2.90. The van der Waals surface area contributed by atoms with Gasteiger partial charge in [0.15, 0.2) is 0 Å². The fourth-order valence-electron chi connectivity index (χ4n) is 3.01. The summed E-state index contributed by atoms with van der Waals surface area (Å²) in [5, 5.41) is 12.1. The molecule has 0 aliphatic carbocycles. The summed E-state index contributed by atoms with van der Waals surface area (Å²) in [6, 6.07) is 15.0. The molecule has 0 bridgehead atoms. The largest absolute Gasteiger partial charge is 0.375 e. The number of ether oxygens (including phenoxy) is 1. The highest BCUT2D eigenvalue weighted by Gasteiger charge is 2.19. The average molecular weight is 324 g/mol. The van der Waals surface area contributed by atoms with Crippen molar-refractivity contribution in [3.63, 3.8) is 0 Å². The van der Waals surface area contributed by atoms with Crippen molar-refractivity contribution in [3.05, 3.63) is 64.3 Å². The monoisotopic (exact) mass is 324 g/mol. The molecule has 0 unspecified atom stereocenters. The zero-order valence-electron chi connectivity index (χ0n) is 13.9. The van der Waals surface area contributed by atoms with Crippen LogP contribution in [0.5, 0.6) is 0 Å². The van der Waals surface area contributed by atoms with E-state index in [1.807, 2.05) is 43.4 Å². The van der Waals surface area contributed by atoms with Gasteiger partial charge in [0.05, 0.1) is 17.2 Å². The third-order valence-corrected chi connectivity index (χ3v) is 4.16. The molecule has 0 amide bonds. The Balaban J connectivity index is 2.23. The maximum atomic E-state index is 11.2. The second kappa shape index (κ2) is 6.84. The first-order valence-electron chi connectivity index (χ1n) is 8.02. The number of nitrogens with zero attached hydrogens (tertiary/aromatic N) is 2. The van der Waals surface area contributed by atoms with Gasteiger partial charge in [0.25, 0.3) is 5.69 Å². The first kappa shape index (κ1) is 16.2. The van der Waals surface area contributed by atoms with E-state index in [-0.39, 0.29) is 10.6 Å². The predicted molar refractivity (Wildman–Crippen MR) is 95.0 cm³/mol. The summed E-state index contributed by atoms with van der Waals surface area (Å²) in [5.41, 5.74) is 4.15. The summed E-state index contributed by atoms with van der Waals surface area (Å²) in [7, 11) is 1.98. The van der Waals surface area contributed by atoms with Crippen LogP contribution in [0.15, 0.2) is 48.5 Å². The highest BCUT2D eigenvalue weighted by molar-refractivity contribution is 5.99. The molecule has 5 nitrogen and oxygen atoms in total. The number of benzene rings is 2. The van der Waals surface area contributed by atoms with Crippen LogP contribution in [0.4, 0.5) is 5.69 Å². The average Bonchev–Trinajstić information content (AvgIpc) is 2.88. The van der Waals surface area contributed by atoms with Crippen LogP contribution >= 0.6 is 0 Å². The second-order valence-electron chi connectivity index (χ2n) is 5.76. The van der Waals surface area contributed by atoms with Crippen molar-refractivity contribution in [2.24, 2.45) is 7.05 Å². The van der Waals surface area contributed by atoms with Crippen LogP contribution in [0.3, 0.4) is 0 Å². The van der Waals surface area contributed by atoms with Gasteiger partial charge in [-0.2, -0.15) is 0 Å². The molecule has 0 saturated heterocycles. The lowest BCUT2D eigenvalue weighted by molar-refractivity contribution is -0.384. The lowest BCUT2D eigenvalue weighted by atomic mass is 10.0. The van der Waals surface area contributed by atoms with Crippen LogP contribution in [0, 0.1) is 10.1 Å². The number of fused-ring (bicyclic) bond motifs is 1. The first-order valence-corrected chi connectivity index (χ1v) is 8.02. The molecule has 3 aromatic rings. The van der Waals surface area contributed by atoms with Crippen LogP contribution in [0.1, 0.15) is 19.0 Å². The predicted octanol–water partition coefficient (Wildman–Crippen LogP) is 4.68. The molecule has 0 aliphatic rings. The number of aryl methyl sites for hydroxylation is 1. The topological polar surface area (TPSA) is 57.3 Å². The first-order chi connectivity index (χ1) is 11.6. The molecule has 0 spiro atoms. The number of rotatable bonds is 6. The van der Waals surface area contributed by atoms with Crippen LogP contribution < -0.4 is 0 Å². The zero-order valence-corrected chi connectivity index (χ0v) is 13.9. The Hall–Kier alpha value is -2.66. The van der Waals surface area contributed by atoms with E-state index >= 15 is 0 Å². The summed E-state index contributed by atoms with van der Waals surface area (Å²) in [4.78, 5) is 10.8. The van der Waals surface area contributed by atoms with Crippen molar-refractivity contribution >= 4 is 16.6 Å². The molecule has 5 heteroatoms. The SMILES string of the molecule is CCCOCc1c(-c2ccccc2)c2cc([N+](=O)[O-])ccc2n1C. The van der Waals surface area contributed by atoms with Crippen LogP contribution in [0.25, 0.3) is 22.0 Å². The van der Waals surface area contributed by atoms with Gasteiger partial charge in [-0.1, -0.05) is 37.3 Å². The number of nitro groups is 1. The van der Waals surface area contributed by atoms with Crippen LogP contribution in [-0.2, 0) is 18.4 Å². The number of non-ortho nitro benzene ring substituents is 1. The Morgan fingerprint density at radius 1 is 1.17 bits per heavy atom. The molecule has 2 aromatic carbocycles. The van der Waals surface area contributed by atoms with Gasteiger partial charge in [0.2, 0.25) is 0 Å². The molecule has 24 heavy (non-hydrogen) atoms. The molecular weight excluding hydrogens is 304 g/mol. The minimum absolute atomic E-state index is 0.103. The molecule has 0 saturated carbocycles. The van der Waals surface area contributed by atoms with Gasteiger partial charge in [-0.05, 0) is 18.1 Å². The minimum atomic E-state index is -0.353. The normalized spacial score (nSPS) is 11.1. The van der Waals surface area contributed by atoms with Gasteiger partial charge >= 0.3 is 0 Å². The highest BCUT2D eigenvalue weighted by atomic mass is 16.6. The van der Waals surface area contributed by atoms with Gasteiger partial charge in [0, 0.05) is 42.3 Å². The van der Waals surface area contributed by atoms with Gasteiger partial charge < -0.3 is 9.30 Å². The van der Waals surface area contributed by atoms with E-state index in [1.54, 1.807) is 12.1 Å². The number of nitro benzene ring substituents is 1. The smallest absolute Gasteiger partial charge is 0.270 e. The van der Waals surface area contributed by atoms with Crippen molar-refractivity contribution in [2.75, 3.05) is 6.61 Å². The molecular formula is C19H20N2O3. The maximum Gasteiger partial charge on any atom is 0.270 e. The molecule has 0 aliphatic heterocycles. The minimum Gasteiger partial charge on any atom is -0.375 e. The summed E-state index contributed by atoms with van der Waals surface area (Å²) >= 11 is 0. The Kier molecular flexibility index (Phi) is 4.62. The van der Waals surface area contributed by atoms with E-state index in [0.717, 1.165) is 34.1 Å². The lowest BCUT2D eigenvalue weighted by Gasteiger charge is -2.09. The van der Waals surface area contributed by atoms with Crippen molar-refractivity contribution in [1.82, 2.24) is 4.57 Å². The number of hydrogen-bond acceptors (Lipinski definition) is 3. The molecule has 3 rings (SSSR count). The van der Waals surface area contributed by atoms with Crippen LogP contribution in [-0.4, -0.2) is 16.1 Å². The molecule has 0 atom stereocenters. The highest BCUT2D eigenvalue weighted by Crippen LogP contribution is 2.36. The van der Waals surface area contributed by atoms with E-state index in [1.165, 1.54) is 0 Å². The molecule has 124 valence electrons. The summed E-state index contributed by atoms with van der Waals surface area (Å²) < 4.78 is 7.83. The molecule has 0 fully saturated rings.